The second kappa shape index (κ2) is 25.3. The smallest absolute Gasteiger partial charge is 0.271 e. The predicted molar refractivity (Wildman–Crippen MR) is 304 cm³/mol. The molecule has 0 saturated heterocycles. The first-order chi connectivity index (χ1) is 38.1. The van der Waals surface area contributed by atoms with E-state index in [1.807, 2.05) is 13.8 Å². The quantitative estimate of drug-likeness (QED) is 0.0611. The van der Waals surface area contributed by atoms with Crippen LogP contribution in [0.15, 0.2) is 64.0 Å². The standard InChI is InChI=1S/C51H52N14O8S6/c1-23(2)37-51-65-40(32(79-51)18-73-5)44(71)54-17-36(68)62-41(42(69)25-10-7-6-8-11-25)50-59-31(21-76-50)48-57-29(19-75-48)39-26(13-14-27(55-39)47-61-33(22-77-47)60-34(66)12-9-15-52)46-58-30(20-74-46)43(70)56-28(16-35(67)53-4)49-64-38(24(3)78-49)45(72)63-37/h6-8,10-11,13-14,19-23,28,37,41-42,69H,9,12,15-18,52H2,1-5H3,(H,53,67)(H,54,71)(H,56,70)(H,60,66)(H,62,68)(H,63,72)/t28-,37-,41-,42-/m0/s1. The van der Waals surface area contributed by atoms with Crippen molar-refractivity contribution in [2.75, 3.05) is 32.6 Å². The highest BCUT2D eigenvalue weighted by atomic mass is 32.1. The molecular weight excluding hydrogens is 1130 g/mol. The lowest BCUT2D eigenvalue weighted by atomic mass is 10.0. The van der Waals surface area contributed by atoms with Crippen LogP contribution < -0.4 is 37.6 Å². The van der Waals surface area contributed by atoms with E-state index in [0.717, 1.165) is 11.3 Å². The number of benzene rings is 1. The summed E-state index contributed by atoms with van der Waals surface area (Å²) in [6.45, 7) is 5.37. The fraction of sp³-hybridized carbons (Fsp3) is 0.314. The van der Waals surface area contributed by atoms with Crippen molar-refractivity contribution in [3.63, 3.8) is 0 Å². The molecule has 0 fully saturated rings. The molecule has 0 radical (unpaired) electrons. The normalized spacial score (nSPS) is 16.6. The highest BCUT2D eigenvalue weighted by Crippen LogP contribution is 2.40. The van der Waals surface area contributed by atoms with Crippen LogP contribution in [0.3, 0.4) is 0 Å². The second-order valence-corrected chi connectivity index (χ2v) is 23.9. The Bertz CT molecular complexity index is 3530. The first kappa shape index (κ1) is 56.6. The predicted octanol–water partition coefficient (Wildman–Crippen LogP) is 6.99. The monoisotopic (exact) mass is 1180 g/mol. The highest BCUT2D eigenvalue weighted by Gasteiger charge is 2.33. The van der Waals surface area contributed by atoms with Gasteiger partial charge < -0.3 is 47.5 Å². The summed E-state index contributed by atoms with van der Waals surface area (Å²) in [7, 11) is 2.95. The van der Waals surface area contributed by atoms with Crippen LogP contribution in [-0.4, -0.2) is 103 Å². The van der Waals surface area contributed by atoms with Crippen molar-refractivity contribution >= 4 is 109 Å². The lowest BCUT2D eigenvalue weighted by molar-refractivity contribution is -0.122. The molecule has 0 spiro atoms. The molecule has 9 rings (SSSR count). The summed E-state index contributed by atoms with van der Waals surface area (Å²) in [6.07, 6.45) is -0.704. The molecule has 8 aromatic rings. The van der Waals surface area contributed by atoms with Gasteiger partial charge in [0.15, 0.2) is 0 Å². The molecule has 10 bridgehead atoms. The van der Waals surface area contributed by atoms with E-state index in [1.54, 1.807) is 70.9 Å². The minimum atomic E-state index is -1.26. The number of carbonyl (C=O) groups excluding carboxylic acids is 6. The Labute approximate surface area is 476 Å². The number of aromatic nitrogens is 7. The van der Waals surface area contributed by atoms with Gasteiger partial charge in [0.2, 0.25) is 17.7 Å². The van der Waals surface area contributed by atoms with E-state index >= 15 is 0 Å². The summed E-state index contributed by atoms with van der Waals surface area (Å²) in [5, 5.41) is 38.1. The zero-order valence-corrected chi connectivity index (χ0v) is 47.8. The number of nitrogens with zero attached hydrogens (tertiary/aromatic N) is 7. The number of nitrogens with one attached hydrogen (secondary N) is 6. The number of thiazole rings is 6. The molecule has 1 aromatic carbocycles. The van der Waals surface area contributed by atoms with Crippen LogP contribution in [0.2, 0.25) is 0 Å². The number of aryl methyl sites for hydroxylation is 1. The molecule has 8 heterocycles. The van der Waals surface area contributed by atoms with Crippen LogP contribution in [0.1, 0.15) is 119 Å². The number of carbonyl (C=O) groups is 6. The number of methoxy groups -OCH3 is 1. The average Bonchev–Trinajstić information content (AvgIpc) is 4.35. The van der Waals surface area contributed by atoms with Crippen LogP contribution >= 0.6 is 68.0 Å². The Balaban J connectivity index is 1.13. The van der Waals surface area contributed by atoms with Gasteiger partial charge in [-0.25, -0.2) is 34.9 Å². The van der Waals surface area contributed by atoms with Gasteiger partial charge in [-0.15, -0.1) is 68.0 Å². The molecule has 0 saturated carbocycles. The molecule has 9 N–H and O–H groups in total. The zero-order chi connectivity index (χ0) is 55.9. The first-order valence-corrected chi connectivity index (χ1v) is 29.7. The van der Waals surface area contributed by atoms with Gasteiger partial charge in [0, 0.05) is 52.5 Å². The lowest BCUT2D eigenvalue weighted by Crippen LogP contribution is -2.40. The SMILES string of the molecule is CNC(=O)C[C@@H]1NC(=O)c2csc(n2)-c2ccc(-c3nc(NC(=O)CCCN)cs3)nc2-c2csc(n2)-c2csc(n2)[C@H]([C@@H](O)c2ccccc2)NC(=O)CNC(=O)c2nc(sc2COC)[C@H](C(C)C)NC(=O)c2nc1sc2C. The van der Waals surface area contributed by atoms with E-state index in [9.17, 15) is 33.9 Å². The topological polar surface area (TPSA) is 320 Å². The van der Waals surface area contributed by atoms with E-state index in [4.69, 9.17) is 30.4 Å². The average molecular weight is 1180 g/mol. The molecule has 410 valence electrons. The van der Waals surface area contributed by atoms with Gasteiger partial charge in [0.1, 0.15) is 82.2 Å². The van der Waals surface area contributed by atoms with E-state index in [0.29, 0.717) is 92.5 Å². The molecule has 28 heteroatoms. The Morgan fingerprint density at radius 3 is 2.20 bits per heavy atom. The number of hydrogen-bond donors (Lipinski definition) is 8. The molecule has 0 aliphatic carbocycles. The zero-order valence-electron chi connectivity index (χ0n) is 42.9. The molecule has 22 nitrogen and oxygen atoms in total. The van der Waals surface area contributed by atoms with Crippen molar-refractivity contribution in [2.45, 2.75) is 70.9 Å². The third kappa shape index (κ3) is 13.1. The van der Waals surface area contributed by atoms with Gasteiger partial charge in [-0.1, -0.05) is 44.2 Å². The van der Waals surface area contributed by atoms with Crippen molar-refractivity contribution in [1.82, 2.24) is 61.5 Å². The molecule has 6 amide bonds. The molecule has 4 atom stereocenters. The number of hydrogen-bond acceptors (Lipinski definition) is 22. The highest BCUT2D eigenvalue weighted by molar-refractivity contribution is 7.15. The maximum atomic E-state index is 14.2. The molecular formula is C51H52N14O8S6. The Hall–Kier alpha value is -7.15. The largest absolute Gasteiger partial charge is 0.386 e. The van der Waals surface area contributed by atoms with Crippen molar-refractivity contribution in [1.29, 1.82) is 0 Å². The summed E-state index contributed by atoms with van der Waals surface area (Å²) in [5.74, 6) is -2.93. The maximum absolute atomic E-state index is 14.2. The van der Waals surface area contributed by atoms with E-state index in [2.05, 4.69) is 46.9 Å². The Kier molecular flexibility index (Phi) is 18.1. The maximum Gasteiger partial charge on any atom is 0.271 e. The van der Waals surface area contributed by atoms with Gasteiger partial charge in [0.05, 0.1) is 42.2 Å². The fourth-order valence-corrected chi connectivity index (χ4v) is 13.6. The molecule has 1 aliphatic heterocycles. The third-order valence-corrected chi connectivity index (χ3v) is 17.9. The van der Waals surface area contributed by atoms with E-state index < -0.39 is 54.4 Å². The summed E-state index contributed by atoms with van der Waals surface area (Å²) < 4.78 is 5.44. The molecule has 79 heavy (non-hydrogen) atoms. The van der Waals surface area contributed by atoms with Crippen LogP contribution in [-0.2, 0) is 25.7 Å². The number of rotatable bonds is 12. The number of aliphatic hydroxyl groups is 1. The van der Waals surface area contributed by atoms with Gasteiger partial charge in [-0.2, -0.15) is 0 Å². The number of nitrogens with two attached hydrogens (primary N) is 1. The van der Waals surface area contributed by atoms with Crippen LogP contribution in [0, 0.1) is 12.8 Å². The number of fused-ring (bicyclic) bond motifs is 14. The number of pyridine rings is 1. The molecule has 0 unspecified atom stereocenters. The second-order valence-electron chi connectivity index (χ2n) is 18.1. The fourth-order valence-electron chi connectivity index (χ4n) is 8.11. The summed E-state index contributed by atoms with van der Waals surface area (Å²) >= 11 is 7.27. The van der Waals surface area contributed by atoms with Gasteiger partial charge in [-0.3, -0.25) is 28.8 Å². The van der Waals surface area contributed by atoms with E-state index in [-0.39, 0.29) is 54.3 Å². The van der Waals surface area contributed by atoms with Crippen LogP contribution in [0.25, 0.3) is 43.4 Å². The number of anilines is 1. The lowest BCUT2D eigenvalue weighted by Gasteiger charge is -2.23. The Morgan fingerprint density at radius 2 is 1.44 bits per heavy atom. The number of amides is 6. The third-order valence-electron chi connectivity index (χ3n) is 12.1. The first-order valence-electron chi connectivity index (χ1n) is 24.5. The van der Waals surface area contributed by atoms with Crippen LogP contribution in [0.4, 0.5) is 5.82 Å². The minimum absolute atomic E-state index is 0.00461. The molecule has 7 aromatic heterocycles. The van der Waals surface area contributed by atoms with Gasteiger partial charge in [-0.05, 0) is 43.5 Å². The van der Waals surface area contributed by atoms with Crippen molar-refractivity contribution in [3.05, 3.63) is 111 Å². The number of aliphatic hydroxyl groups excluding tert-OH is 1. The molecule has 1 aliphatic rings. The number of ether oxygens (including phenoxy) is 1. The van der Waals surface area contributed by atoms with Crippen molar-refractivity contribution < 1.29 is 38.6 Å². The van der Waals surface area contributed by atoms with Crippen molar-refractivity contribution in [2.24, 2.45) is 11.7 Å². The van der Waals surface area contributed by atoms with Crippen molar-refractivity contribution in [3.8, 4) is 43.4 Å². The Morgan fingerprint density at radius 1 is 0.722 bits per heavy atom. The summed E-state index contributed by atoms with van der Waals surface area (Å²) in [6, 6.07) is 9.60. The van der Waals surface area contributed by atoms with E-state index in [1.165, 1.54) is 70.8 Å². The minimum Gasteiger partial charge on any atom is -0.386 e. The summed E-state index contributed by atoms with van der Waals surface area (Å²) in [4.78, 5) is 117. The van der Waals surface area contributed by atoms with Gasteiger partial charge in [0.25, 0.3) is 17.7 Å². The van der Waals surface area contributed by atoms with Gasteiger partial charge >= 0.3 is 0 Å². The summed E-state index contributed by atoms with van der Waals surface area (Å²) in [5.41, 5.74) is 8.49. The van der Waals surface area contributed by atoms with Crippen LogP contribution in [0.5, 0.6) is 0 Å².